The van der Waals surface area contributed by atoms with Crippen molar-refractivity contribution in [3.8, 4) is 5.69 Å². The van der Waals surface area contributed by atoms with Gasteiger partial charge in [-0.2, -0.15) is 0 Å². The highest BCUT2D eigenvalue weighted by Crippen LogP contribution is 2.22. The van der Waals surface area contributed by atoms with Crippen LogP contribution in [0.25, 0.3) is 5.69 Å². The van der Waals surface area contributed by atoms with Crippen LogP contribution in [0.2, 0.25) is 5.02 Å². The van der Waals surface area contributed by atoms with E-state index in [1.807, 2.05) is 37.2 Å². The number of hydrogen-bond donors (Lipinski definition) is 1. The van der Waals surface area contributed by atoms with Crippen molar-refractivity contribution in [1.29, 1.82) is 0 Å². The van der Waals surface area contributed by atoms with E-state index >= 15 is 0 Å². The van der Waals surface area contributed by atoms with Crippen molar-refractivity contribution >= 4 is 29.3 Å². The second kappa shape index (κ2) is 9.87. The number of aromatic nitrogens is 3. The van der Waals surface area contributed by atoms with Gasteiger partial charge >= 0.3 is 0 Å². The molecule has 0 saturated heterocycles. The molecule has 1 amide bonds. The first-order valence-electron chi connectivity index (χ1n) is 8.91. The van der Waals surface area contributed by atoms with Gasteiger partial charge in [-0.15, -0.1) is 10.2 Å². The summed E-state index contributed by atoms with van der Waals surface area (Å²) in [6, 6.07) is 13.6. The maximum Gasteiger partial charge on any atom is 0.230 e. The van der Waals surface area contributed by atoms with E-state index in [-0.39, 0.29) is 23.5 Å². The Hall–Kier alpha value is -2.42. The van der Waals surface area contributed by atoms with Crippen LogP contribution in [0.5, 0.6) is 0 Å². The van der Waals surface area contributed by atoms with E-state index in [9.17, 15) is 9.18 Å². The van der Waals surface area contributed by atoms with Gasteiger partial charge in [0.15, 0.2) is 5.16 Å². The fourth-order valence-electron chi connectivity index (χ4n) is 2.83. The van der Waals surface area contributed by atoms with Gasteiger partial charge in [0.05, 0.1) is 17.5 Å². The van der Waals surface area contributed by atoms with Crippen molar-refractivity contribution in [2.45, 2.75) is 11.2 Å². The highest BCUT2D eigenvalue weighted by molar-refractivity contribution is 7.99. The molecule has 0 aliphatic carbocycles. The van der Waals surface area contributed by atoms with E-state index in [1.54, 1.807) is 29.1 Å². The number of amides is 1. The molecule has 1 N–H and O–H groups in total. The standard InChI is InChI=1S/C20H21ClFN5OS/c1-26(2)18(14-5-3-7-16(22)9-14)11-23-19(28)12-29-20-25-24-13-27(20)17-8-4-6-15(21)10-17/h3-10,13,18H,11-12H2,1-2H3,(H,23,28). The van der Waals surface area contributed by atoms with Crippen LogP contribution in [0.4, 0.5) is 4.39 Å². The minimum absolute atomic E-state index is 0.130. The van der Waals surface area contributed by atoms with Gasteiger partial charge in [-0.05, 0) is 50.0 Å². The van der Waals surface area contributed by atoms with E-state index in [1.165, 1.54) is 23.9 Å². The van der Waals surface area contributed by atoms with Gasteiger partial charge in [-0.3, -0.25) is 9.36 Å². The molecule has 1 atom stereocenters. The summed E-state index contributed by atoms with van der Waals surface area (Å²) in [5.41, 5.74) is 1.63. The minimum Gasteiger partial charge on any atom is -0.353 e. The first-order valence-corrected chi connectivity index (χ1v) is 10.3. The van der Waals surface area contributed by atoms with E-state index in [2.05, 4.69) is 15.5 Å². The molecule has 0 fully saturated rings. The number of nitrogens with zero attached hydrogens (tertiary/aromatic N) is 4. The SMILES string of the molecule is CN(C)C(CNC(=O)CSc1nncn1-c1cccc(Cl)c1)c1cccc(F)c1. The number of likely N-dealkylation sites (N-methyl/N-ethyl adjacent to an activating group) is 1. The molecule has 0 saturated carbocycles. The molecule has 0 aliphatic heterocycles. The molecule has 2 aromatic carbocycles. The molecular weight excluding hydrogens is 413 g/mol. The Labute approximate surface area is 178 Å². The Morgan fingerprint density at radius 1 is 1.28 bits per heavy atom. The lowest BCUT2D eigenvalue weighted by molar-refractivity contribution is -0.118. The van der Waals surface area contributed by atoms with E-state index in [4.69, 9.17) is 11.6 Å². The summed E-state index contributed by atoms with van der Waals surface area (Å²) in [5, 5.41) is 12.1. The van der Waals surface area contributed by atoms with Crippen LogP contribution < -0.4 is 5.32 Å². The number of rotatable bonds is 8. The molecule has 3 aromatic rings. The largest absolute Gasteiger partial charge is 0.353 e. The van der Waals surface area contributed by atoms with Crippen LogP contribution in [0.15, 0.2) is 60.0 Å². The van der Waals surface area contributed by atoms with Gasteiger partial charge in [0.1, 0.15) is 12.1 Å². The zero-order valence-corrected chi connectivity index (χ0v) is 17.6. The fraction of sp³-hybridized carbons (Fsp3) is 0.250. The van der Waals surface area contributed by atoms with Crippen LogP contribution in [0.3, 0.4) is 0 Å². The molecule has 29 heavy (non-hydrogen) atoms. The van der Waals surface area contributed by atoms with Gasteiger partial charge in [0, 0.05) is 11.6 Å². The molecule has 6 nitrogen and oxygen atoms in total. The first-order chi connectivity index (χ1) is 13.9. The lowest BCUT2D eigenvalue weighted by Gasteiger charge is -2.25. The molecule has 9 heteroatoms. The second-order valence-electron chi connectivity index (χ2n) is 6.59. The predicted molar refractivity (Wildman–Crippen MR) is 113 cm³/mol. The van der Waals surface area contributed by atoms with Crippen LogP contribution in [-0.2, 0) is 4.79 Å². The van der Waals surface area contributed by atoms with E-state index in [0.29, 0.717) is 16.7 Å². The topological polar surface area (TPSA) is 63.1 Å². The van der Waals surface area contributed by atoms with Gasteiger partial charge < -0.3 is 10.2 Å². The van der Waals surface area contributed by atoms with Crippen LogP contribution >= 0.6 is 23.4 Å². The van der Waals surface area contributed by atoms with Gasteiger partial charge in [0.2, 0.25) is 5.91 Å². The summed E-state index contributed by atoms with van der Waals surface area (Å²) in [6.45, 7) is 0.372. The second-order valence-corrected chi connectivity index (χ2v) is 7.97. The number of nitrogens with one attached hydrogen (secondary N) is 1. The highest BCUT2D eigenvalue weighted by atomic mass is 35.5. The molecule has 0 radical (unpaired) electrons. The summed E-state index contributed by atoms with van der Waals surface area (Å²) < 4.78 is 15.3. The van der Waals surface area contributed by atoms with Gasteiger partial charge in [-0.1, -0.05) is 41.6 Å². The Balaban J connectivity index is 1.58. The Kier molecular flexibility index (Phi) is 7.24. The first kappa shape index (κ1) is 21.3. The normalized spacial score (nSPS) is 12.2. The quantitative estimate of drug-likeness (QED) is 0.550. The van der Waals surface area contributed by atoms with Crippen molar-refractivity contribution in [3.05, 3.63) is 71.3 Å². The number of carbonyl (C=O) groups excluding carboxylic acids is 1. The Bertz CT molecular complexity index is 981. The number of thioether (sulfide) groups is 1. The molecule has 1 aromatic heterocycles. The third kappa shape index (κ3) is 5.79. The Morgan fingerprint density at radius 2 is 2.07 bits per heavy atom. The lowest BCUT2D eigenvalue weighted by atomic mass is 10.1. The van der Waals surface area contributed by atoms with Crippen LogP contribution in [-0.4, -0.2) is 52.0 Å². The number of benzene rings is 2. The summed E-state index contributed by atoms with van der Waals surface area (Å²) in [5.74, 6) is -0.252. The number of halogens is 2. The Morgan fingerprint density at radius 3 is 2.79 bits per heavy atom. The number of carbonyl (C=O) groups is 1. The summed E-state index contributed by atoms with van der Waals surface area (Å²) in [6.07, 6.45) is 1.58. The average Bonchev–Trinajstić information content (AvgIpc) is 3.15. The van der Waals surface area contributed by atoms with Crippen molar-refractivity contribution in [2.24, 2.45) is 0 Å². The highest BCUT2D eigenvalue weighted by Gasteiger charge is 2.17. The molecule has 3 rings (SSSR count). The van der Waals surface area contributed by atoms with E-state index < -0.39 is 0 Å². The number of hydrogen-bond acceptors (Lipinski definition) is 5. The van der Waals surface area contributed by atoms with E-state index in [0.717, 1.165) is 11.3 Å². The molecule has 0 aliphatic rings. The molecule has 0 bridgehead atoms. The smallest absolute Gasteiger partial charge is 0.230 e. The van der Waals surface area contributed by atoms with Crippen molar-refractivity contribution in [1.82, 2.24) is 25.0 Å². The molecule has 1 heterocycles. The lowest BCUT2D eigenvalue weighted by Crippen LogP contribution is -2.35. The van der Waals surface area contributed by atoms with Crippen molar-refractivity contribution < 1.29 is 9.18 Å². The summed E-state index contributed by atoms with van der Waals surface area (Å²) in [7, 11) is 3.79. The predicted octanol–water partition coefficient (Wildman–Crippen LogP) is 3.57. The zero-order chi connectivity index (χ0) is 20.8. The molecule has 1 unspecified atom stereocenters. The molecule has 152 valence electrons. The third-order valence-electron chi connectivity index (χ3n) is 4.28. The summed E-state index contributed by atoms with van der Waals surface area (Å²) >= 11 is 7.33. The maximum atomic E-state index is 13.5. The fourth-order valence-corrected chi connectivity index (χ4v) is 3.77. The monoisotopic (exact) mass is 433 g/mol. The average molecular weight is 434 g/mol. The summed E-state index contributed by atoms with van der Waals surface area (Å²) in [4.78, 5) is 14.3. The third-order valence-corrected chi connectivity index (χ3v) is 5.46. The van der Waals surface area contributed by atoms with Gasteiger partial charge in [-0.25, -0.2) is 4.39 Å². The van der Waals surface area contributed by atoms with Gasteiger partial charge in [0.25, 0.3) is 0 Å². The van der Waals surface area contributed by atoms with Crippen molar-refractivity contribution in [2.75, 3.05) is 26.4 Å². The minimum atomic E-state index is -0.295. The van der Waals surface area contributed by atoms with Crippen LogP contribution in [0.1, 0.15) is 11.6 Å². The van der Waals surface area contributed by atoms with Crippen molar-refractivity contribution in [3.63, 3.8) is 0 Å². The maximum absolute atomic E-state index is 13.5. The molecular formula is C20H21ClFN5OS. The zero-order valence-electron chi connectivity index (χ0n) is 16.0. The molecule has 0 spiro atoms. The van der Waals surface area contributed by atoms with Crippen LogP contribution in [0, 0.1) is 5.82 Å².